The van der Waals surface area contributed by atoms with E-state index in [1.165, 1.54) is 13.2 Å². The standard InChI is InChI=1S/C27H25ClF3NO5/c1-3-32(25(33)16-37-20-10-8-19(28)9-11-20)15-17-6-4-5-7-21(17)22-12-18(13-26(34)35)23(27(29,30)31)14-24(22)36-2/h4-12,14H,3,13,15-16H2,1-2H3,(H,34,35). The van der Waals surface area contributed by atoms with Crippen molar-refractivity contribution in [3.63, 3.8) is 0 Å². The van der Waals surface area contributed by atoms with Crippen LogP contribution < -0.4 is 9.47 Å². The highest BCUT2D eigenvalue weighted by molar-refractivity contribution is 6.30. The monoisotopic (exact) mass is 535 g/mol. The number of alkyl halides is 3. The summed E-state index contributed by atoms with van der Waals surface area (Å²) in [6.45, 7) is 2.08. The molecule has 0 aliphatic carbocycles. The molecule has 0 atom stereocenters. The zero-order chi connectivity index (χ0) is 27.2. The van der Waals surface area contributed by atoms with E-state index in [0.717, 1.165) is 6.07 Å². The number of ether oxygens (including phenoxy) is 2. The van der Waals surface area contributed by atoms with E-state index in [1.807, 2.05) is 0 Å². The van der Waals surface area contributed by atoms with E-state index in [4.69, 9.17) is 21.1 Å². The fourth-order valence-electron chi connectivity index (χ4n) is 3.85. The summed E-state index contributed by atoms with van der Waals surface area (Å²) in [6.07, 6.45) is -5.57. The zero-order valence-electron chi connectivity index (χ0n) is 20.1. The molecule has 3 aromatic rings. The number of amides is 1. The highest BCUT2D eigenvalue weighted by Crippen LogP contribution is 2.41. The van der Waals surface area contributed by atoms with Crippen molar-refractivity contribution in [1.29, 1.82) is 0 Å². The van der Waals surface area contributed by atoms with Gasteiger partial charge < -0.3 is 19.5 Å². The summed E-state index contributed by atoms with van der Waals surface area (Å²) in [4.78, 5) is 25.7. The van der Waals surface area contributed by atoms with E-state index in [1.54, 1.807) is 60.4 Å². The van der Waals surface area contributed by atoms with Crippen LogP contribution in [-0.4, -0.2) is 42.1 Å². The molecule has 3 rings (SSSR count). The molecule has 0 saturated carbocycles. The molecule has 0 saturated heterocycles. The van der Waals surface area contributed by atoms with Gasteiger partial charge in [-0.1, -0.05) is 35.9 Å². The van der Waals surface area contributed by atoms with Gasteiger partial charge in [0, 0.05) is 23.7 Å². The van der Waals surface area contributed by atoms with E-state index >= 15 is 0 Å². The van der Waals surface area contributed by atoms with Crippen molar-refractivity contribution in [1.82, 2.24) is 4.90 Å². The SMILES string of the molecule is CCN(Cc1ccccc1-c1cc(CC(=O)O)c(C(F)(F)F)cc1OC)C(=O)COc1ccc(Cl)cc1. The van der Waals surface area contributed by atoms with Crippen molar-refractivity contribution in [2.45, 2.75) is 26.1 Å². The number of methoxy groups -OCH3 is 1. The van der Waals surface area contributed by atoms with Gasteiger partial charge in [-0.15, -0.1) is 0 Å². The molecule has 3 aromatic carbocycles. The lowest BCUT2D eigenvalue weighted by atomic mass is 9.93. The third-order valence-electron chi connectivity index (χ3n) is 5.65. The Morgan fingerprint density at radius 1 is 1.00 bits per heavy atom. The van der Waals surface area contributed by atoms with Gasteiger partial charge >= 0.3 is 12.1 Å². The largest absolute Gasteiger partial charge is 0.496 e. The minimum atomic E-state index is -4.76. The number of aliphatic carboxylic acids is 1. The minimum Gasteiger partial charge on any atom is -0.496 e. The van der Waals surface area contributed by atoms with Gasteiger partial charge in [-0.3, -0.25) is 9.59 Å². The van der Waals surface area contributed by atoms with Gasteiger partial charge in [0.05, 0.1) is 19.1 Å². The quantitative estimate of drug-likeness (QED) is 0.340. The first-order valence-electron chi connectivity index (χ1n) is 11.3. The second-order valence-corrected chi connectivity index (χ2v) is 8.52. The molecule has 0 spiro atoms. The summed E-state index contributed by atoms with van der Waals surface area (Å²) in [5.41, 5.74) is -0.000501. The van der Waals surface area contributed by atoms with Gasteiger partial charge in [0.2, 0.25) is 0 Å². The van der Waals surface area contributed by atoms with Gasteiger partial charge in [0.1, 0.15) is 11.5 Å². The Kier molecular flexibility index (Phi) is 9.04. The Balaban J connectivity index is 1.94. The van der Waals surface area contributed by atoms with Crippen LogP contribution in [-0.2, 0) is 28.7 Å². The fourth-order valence-corrected chi connectivity index (χ4v) is 3.97. The van der Waals surface area contributed by atoms with Crippen LogP contribution in [0.3, 0.4) is 0 Å². The van der Waals surface area contributed by atoms with Crippen molar-refractivity contribution in [2.75, 3.05) is 20.3 Å². The summed E-state index contributed by atoms with van der Waals surface area (Å²) in [5.74, 6) is -1.26. The van der Waals surface area contributed by atoms with Gasteiger partial charge in [-0.2, -0.15) is 13.2 Å². The molecule has 0 heterocycles. The molecule has 0 aliphatic rings. The molecule has 37 heavy (non-hydrogen) atoms. The Bertz CT molecular complexity index is 1260. The molecule has 1 N–H and O–H groups in total. The lowest BCUT2D eigenvalue weighted by Crippen LogP contribution is -2.34. The highest BCUT2D eigenvalue weighted by atomic mass is 35.5. The lowest BCUT2D eigenvalue weighted by Gasteiger charge is -2.24. The van der Waals surface area contributed by atoms with Crippen LogP contribution >= 0.6 is 11.6 Å². The number of halogens is 4. The first kappa shape index (κ1) is 27.9. The predicted molar refractivity (Wildman–Crippen MR) is 133 cm³/mol. The van der Waals surface area contributed by atoms with Crippen LogP contribution in [0.4, 0.5) is 13.2 Å². The number of benzene rings is 3. The number of nitrogens with zero attached hydrogens (tertiary/aromatic N) is 1. The molecule has 0 radical (unpaired) electrons. The number of carboxylic acid groups (broad SMARTS) is 1. The third-order valence-corrected chi connectivity index (χ3v) is 5.90. The van der Waals surface area contributed by atoms with Crippen molar-refractivity contribution in [2.24, 2.45) is 0 Å². The number of hydrogen-bond donors (Lipinski definition) is 1. The van der Waals surface area contributed by atoms with E-state index in [-0.39, 0.29) is 30.4 Å². The van der Waals surface area contributed by atoms with Crippen LogP contribution in [0.1, 0.15) is 23.6 Å². The molecule has 196 valence electrons. The highest BCUT2D eigenvalue weighted by Gasteiger charge is 2.35. The second kappa shape index (κ2) is 12.0. The molecule has 6 nitrogen and oxygen atoms in total. The Labute approximate surface area is 217 Å². The van der Waals surface area contributed by atoms with Crippen molar-refractivity contribution < 1.29 is 37.3 Å². The average molecular weight is 536 g/mol. The summed E-state index contributed by atoms with van der Waals surface area (Å²) in [5, 5.41) is 9.73. The average Bonchev–Trinajstić information content (AvgIpc) is 2.85. The van der Waals surface area contributed by atoms with Crippen molar-refractivity contribution >= 4 is 23.5 Å². The Hall–Kier alpha value is -3.72. The fraction of sp³-hybridized carbons (Fsp3) is 0.259. The van der Waals surface area contributed by atoms with Crippen LogP contribution in [0.15, 0.2) is 60.7 Å². The van der Waals surface area contributed by atoms with Crippen LogP contribution in [0.5, 0.6) is 11.5 Å². The van der Waals surface area contributed by atoms with E-state index in [2.05, 4.69) is 0 Å². The van der Waals surface area contributed by atoms with Gasteiger partial charge in [0.15, 0.2) is 6.61 Å². The maximum atomic E-state index is 13.6. The van der Waals surface area contributed by atoms with Gasteiger partial charge in [-0.25, -0.2) is 0 Å². The first-order valence-corrected chi connectivity index (χ1v) is 11.7. The normalized spacial score (nSPS) is 11.2. The molecule has 0 aliphatic heterocycles. The van der Waals surface area contributed by atoms with E-state index in [9.17, 15) is 27.9 Å². The maximum Gasteiger partial charge on any atom is 0.416 e. The number of likely N-dealkylation sites (N-methyl/N-ethyl adjacent to an activating group) is 1. The summed E-state index contributed by atoms with van der Waals surface area (Å²) >= 11 is 5.87. The van der Waals surface area contributed by atoms with Crippen molar-refractivity contribution in [3.8, 4) is 22.6 Å². The Morgan fingerprint density at radius 3 is 2.27 bits per heavy atom. The van der Waals surface area contributed by atoms with Crippen LogP contribution in [0.2, 0.25) is 5.02 Å². The summed E-state index contributed by atoms with van der Waals surface area (Å²) in [7, 11) is 1.24. The molecule has 0 fully saturated rings. The second-order valence-electron chi connectivity index (χ2n) is 8.09. The Morgan fingerprint density at radius 2 is 1.68 bits per heavy atom. The van der Waals surface area contributed by atoms with Gasteiger partial charge in [0.25, 0.3) is 5.91 Å². The molecule has 0 unspecified atom stereocenters. The number of carbonyl (C=O) groups excluding carboxylic acids is 1. The minimum absolute atomic E-state index is 0.0608. The van der Waals surface area contributed by atoms with Crippen molar-refractivity contribution in [3.05, 3.63) is 82.4 Å². The lowest BCUT2D eigenvalue weighted by molar-refractivity contribution is -0.140. The zero-order valence-corrected chi connectivity index (χ0v) is 20.9. The van der Waals surface area contributed by atoms with Gasteiger partial charge in [-0.05, 0) is 60.0 Å². The smallest absolute Gasteiger partial charge is 0.416 e. The third kappa shape index (κ3) is 7.16. The number of hydrogen-bond acceptors (Lipinski definition) is 4. The number of rotatable bonds is 10. The molecule has 1 amide bonds. The topological polar surface area (TPSA) is 76.1 Å². The molecule has 0 aromatic heterocycles. The van der Waals surface area contributed by atoms with E-state index < -0.39 is 24.1 Å². The van der Waals surface area contributed by atoms with Crippen LogP contribution in [0.25, 0.3) is 11.1 Å². The molecule has 0 bridgehead atoms. The molecular formula is C27H25ClF3NO5. The molecular weight excluding hydrogens is 511 g/mol. The summed E-state index contributed by atoms with van der Waals surface area (Å²) < 4.78 is 51.7. The maximum absolute atomic E-state index is 13.6. The van der Waals surface area contributed by atoms with Crippen LogP contribution in [0, 0.1) is 0 Å². The first-order chi connectivity index (χ1) is 17.5. The molecule has 10 heteroatoms. The number of carboxylic acids is 1. The number of carbonyl (C=O) groups is 2. The predicted octanol–water partition coefficient (Wildman–Crippen LogP) is 6.09. The summed E-state index contributed by atoms with van der Waals surface area (Å²) in [6, 6.07) is 15.5. The van der Waals surface area contributed by atoms with E-state index in [0.29, 0.717) is 34.0 Å².